The average molecular weight is 1930 g/mol. The van der Waals surface area contributed by atoms with E-state index in [2.05, 4.69) is 94.4 Å². The van der Waals surface area contributed by atoms with E-state index in [1.165, 1.54) is 24.5 Å². The van der Waals surface area contributed by atoms with Gasteiger partial charge in [0.1, 0.15) is 0 Å². The molecule has 0 saturated carbocycles. The van der Waals surface area contributed by atoms with E-state index >= 15 is 0 Å². The van der Waals surface area contributed by atoms with Crippen molar-refractivity contribution in [1.29, 1.82) is 0 Å². The molecule has 0 amide bonds. The van der Waals surface area contributed by atoms with Crippen LogP contribution < -0.4 is 5.46 Å². The molecule has 16 rings (SSSR count). The van der Waals surface area contributed by atoms with Crippen LogP contribution in [0.3, 0.4) is 0 Å². The predicted molar refractivity (Wildman–Crippen MR) is 472 cm³/mol. The summed E-state index contributed by atoms with van der Waals surface area (Å²) in [4.78, 5) is 25.7. The number of halogens is 1. The summed E-state index contributed by atoms with van der Waals surface area (Å²) in [7, 11) is -1.34. The summed E-state index contributed by atoms with van der Waals surface area (Å²) in [6.07, 6.45) is 9.87. The number of aromatic nitrogens is 6. The molecule has 0 spiro atoms. The minimum absolute atomic E-state index is 0. The molecule has 6 heterocycles. The van der Waals surface area contributed by atoms with Gasteiger partial charge in [0.2, 0.25) is 0 Å². The first-order valence-corrected chi connectivity index (χ1v) is 35.5. The van der Waals surface area contributed by atoms with Crippen LogP contribution in [0, 0.1) is 105 Å². The van der Waals surface area contributed by atoms with Crippen molar-refractivity contribution in [1.82, 2.24) is 29.9 Å². The fourth-order valence-corrected chi connectivity index (χ4v) is 10.8. The van der Waals surface area contributed by atoms with Gasteiger partial charge in [-0.1, -0.05) is 249 Å². The Hall–Kier alpha value is -11.1. The maximum atomic E-state index is 8.58. The van der Waals surface area contributed by atoms with Crippen LogP contribution >= 0.6 is 15.9 Å². The Balaban J connectivity index is 0.000000238. The first-order valence-electron chi connectivity index (χ1n) is 43.7. The Bertz CT molecular complexity index is 5940. The van der Waals surface area contributed by atoms with Crippen LogP contribution in [-0.4, -0.2) is 47.1 Å². The molecule has 2 N–H and O–H groups in total. The number of hydrogen-bond donors (Lipinski definition) is 2. The SMILES string of the molecule is C.C.OB(O)c1ccccc1.[2H]C([2H])([2H])c1c[c-]c(-c2ccc(C)cn2)cc1.[2H]C([2H])([2H])c1c[c-]c(-c2ccc(C)cn2)cc1.[2H]C([2H])([2H])c1ccc(-c2[c-]cc(C)c(-c3ccccc3)c2)nc1.[2H]C([2H])([2H])c1ccc(-c2[c-]cc(C)c(Br)c2)nc1.[2H]C([2H])([2H])c1ccc(-c2ccnc(-c3[c-]cccc3)c2)cc1.[2H]C([2H])([2H])c1ccc(-c2ccnc(-c3[c-]cccc3)c2)cc1.[Ir+3].[Ir+3]. The molecule has 0 radical (unpaired) electrons. The van der Waals surface area contributed by atoms with Gasteiger partial charge in [0.15, 0.2) is 0 Å². The van der Waals surface area contributed by atoms with E-state index in [0.29, 0.717) is 33.4 Å². The smallest absolute Gasteiger partial charge is 0.423 e. The number of rotatable bonds is 10. The molecule has 0 fully saturated rings. The van der Waals surface area contributed by atoms with Crippen LogP contribution in [0.5, 0.6) is 0 Å². The van der Waals surface area contributed by atoms with Gasteiger partial charge in [-0.15, -0.1) is 201 Å². The quantitative estimate of drug-likeness (QED) is 0.103. The molecule has 16 aromatic rings. The van der Waals surface area contributed by atoms with Gasteiger partial charge in [0.25, 0.3) is 0 Å². The summed E-state index contributed by atoms with van der Waals surface area (Å²) in [5, 5.41) is 17.2. The molecule has 0 bridgehead atoms. The van der Waals surface area contributed by atoms with E-state index in [1.807, 2.05) is 198 Å². The minimum atomic E-state index is -2.13. The van der Waals surface area contributed by atoms with Crippen LogP contribution in [0.2, 0.25) is 0 Å². The molecule has 8 nitrogen and oxygen atoms in total. The Kier molecular flexibility index (Phi) is 28.0. The van der Waals surface area contributed by atoms with E-state index in [9.17, 15) is 0 Å². The summed E-state index contributed by atoms with van der Waals surface area (Å²) in [6, 6.07) is 106. The molecule has 572 valence electrons. The second kappa shape index (κ2) is 47.4. The maximum Gasteiger partial charge on any atom is 3.00 e. The molecule has 0 atom stereocenters. The third-order valence-corrected chi connectivity index (χ3v) is 17.3. The van der Waals surface area contributed by atoms with Crippen molar-refractivity contribution < 1.29 is 74.9 Å². The van der Waals surface area contributed by atoms with Gasteiger partial charge in [-0.05, 0) is 143 Å². The fraction of sp³-hybridized carbons (Fsp3) is 0.118. The number of hydrogen-bond acceptors (Lipinski definition) is 8. The molecule has 12 heteroatoms. The minimum Gasteiger partial charge on any atom is -0.423 e. The zero-order chi connectivity index (χ0) is 92.6. The third kappa shape index (κ3) is 28.8. The second-order valence-electron chi connectivity index (χ2n) is 24.8. The molecule has 0 aliphatic heterocycles. The zero-order valence-electron chi connectivity index (χ0n) is 79.4. The van der Waals surface area contributed by atoms with E-state index in [4.69, 9.17) is 34.7 Å². The van der Waals surface area contributed by atoms with Crippen LogP contribution in [0.1, 0.15) is 95.2 Å². The molecular formula is C102H94BBrIr2N6O2. The van der Waals surface area contributed by atoms with Gasteiger partial charge in [-0.2, -0.15) is 0 Å². The molecule has 0 aliphatic rings. The van der Waals surface area contributed by atoms with Crippen LogP contribution in [0.15, 0.2) is 333 Å². The molecule has 0 unspecified atom stereocenters. The number of pyridine rings is 6. The van der Waals surface area contributed by atoms with Gasteiger partial charge < -0.3 is 40.0 Å². The summed E-state index contributed by atoms with van der Waals surface area (Å²) in [5.41, 5.74) is 22.8. The van der Waals surface area contributed by atoms with E-state index in [1.54, 1.807) is 122 Å². The van der Waals surface area contributed by atoms with E-state index in [-0.39, 0.29) is 66.2 Å². The van der Waals surface area contributed by atoms with Gasteiger partial charge in [-0.3, -0.25) is 0 Å². The Labute approximate surface area is 738 Å². The molecule has 6 aromatic heterocycles. The predicted octanol–water partition coefficient (Wildman–Crippen LogP) is 24.8. The second-order valence-corrected chi connectivity index (χ2v) is 25.7. The Morgan fingerprint density at radius 3 is 1.02 bits per heavy atom. The number of nitrogens with zero attached hydrogens (tertiary/aromatic N) is 6. The summed E-state index contributed by atoms with van der Waals surface area (Å²) in [6.45, 7) is -4.55. The zero-order valence-corrected chi connectivity index (χ0v) is 67.8. The van der Waals surface area contributed by atoms with Gasteiger partial charge in [0, 0.05) is 61.9 Å². The standard InChI is InChI=1S/C19H16N.2C18H14N.C13H11BrN.2C13H12N.C6H7BO2.2CH4.2Ir/c1-14-8-11-19(20-13-14)17-10-9-15(2)18(12-17)16-6-4-3-5-7-16;2*1-14-7-9-15(10-8-14)17-11-12-19-18(13-17)16-5-3-2-4-6-16;1-9-3-6-13(15-8-9)11-5-4-10(2)12(14)7-11;2*1-10-3-6-12(7-4-10)13-8-5-11(2)9-14-13;8-7(9)6-4-2-1-3-5-6;;;;/h3-9,11-13H,1-2H3;2*2-5,7-13H,1H3;3-4,6-8H,1-2H3;2*3-6,8-9H,1-2H3;1-5,8-9H;2*1H4;;/q6*-1;;;;2*+3/i6*1D3;;;;;. The molecular weight excluding hydrogens is 1820 g/mol. The largest absolute Gasteiger partial charge is 3.00 e. The van der Waals surface area contributed by atoms with Crippen LogP contribution in [0.25, 0.3) is 101 Å². The normalized spacial score (nSPS) is 12.9. The van der Waals surface area contributed by atoms with Gasteiger partial charge in [0.05, 0.1) is 0 Å². The topological polar surface area (TPSA) is 118 Å². The summed E-state index contributed by atoms with van der Waals surface area (Å²) in [5.74, 6) is 0. The maximum absolute atomic E-state index is 8.58. The van der Waals surface area contributed by atoms with Gasteiger partial charge in [-0.25, -0.2) is 0 Å². The molecule has 0 saturated heterocycles. The van der Waals surface area contributed by atoms with E-state index in [0.717, 1.165) is 122 Å². The number of aryl methyl sites for hydroxylation is 10. The van der Waals surface area contributed by atoms with Crippen LogP contribution in [0.4, 0.5) is 0 Å². The van der Waals surface area contributed by atoms with Crippen molar-refractivity contribution in [2.24, 2.45) is 0 Å². The van der Waals surface area contributed by atoms with Gasteiger partial charge >= 0.3 is 47.3 Å². The first kappa shape index (κ1) is 67.4. The summed E-state index contributed by atoms with van der Waals surface area (Å²) >= 11 is 3.45. The van der Waals surface area contributed by atoms with Crippen molar-refractivity contribution in [2.45, 2.75) is 83.7 Å². The molecule has 0 aliphatic carbocycles. The van der Waals surface area contributed by atoms with Crippen molar-refractivity contribution >= 4 is 28.5 Å². The number of benzene rings is 10. The fourth-order valence-electron chi connectivity index (χ4n) is 10.4. The van der Waals surface area contributed by atoms with Crippen molar-refractivity contribution in [3.05, 3.63) is 425 Å². The summed E-state index contributed by atoms with van der Waals surface area (Å²) < 4.78 is 133. The van der Waals surface area contributed by atoms with Crippen molar-refractivity contribution in [3.63, 3.8) is 0 Å². The molecule has 10 aromatic carbocycles. The van der Waals surface area contributed by atoms with Crippen molar-refractivity contribution in [2.75, 3.05) is 0 Å². The van der Waals surface area contributed by atoms with E-state index < -0.39 is 48.2 Å². The Morgan fingerprint density at radius 1 is 0.298 bits per heavy atom. The monoisotopic (exact) mass is 1930 g/mol. The third-order valence-electron chi connectivity index (χ3n) is 16.4. The van der Waals surface area contributed by atoms with Crippen LogP contribution in [-0.2, 0) is 40.2 Å². The Morgan fingerprint density at radius 2 is 0.658 bits per heavy atom. The first-order chi connectivity index (χ1) is 60.6. The van der Waals surface area contributed by atoms with Crippen molar-refractivity contribution in [3.8, 4) is 101 Å². The average Bonchev–Trinajstić information content (AvgIpc) is 0.807. The molecule has 114 heavy (non-hydrogen) atoms.